The standard InChI is InChI=1S/C14H25NO5/c1-14(2,3)20-12(16)15-8-10-4-6-11(7-5-10)9-19-13(17)18/h10-11H,4-9H2,1-3H3,(H,15,16)(H,17,18). The average molecular weight is 287 g/mol. The normalized spacial score (nSPS) is 22.9. The van der Waals surface area contributed by atoms with Gasteiger partial charge in [0.15, 0.2) is 0 Å². The summed E-state index contributed by atoms with van der Waals surface area (Å²) in [6, 6.07) is 0. The van der Waals surface area contributed by atoms with Crippen molar-refractivity contribution in [3.63, 3.8) is 0 Å². The number of carbonyl (C=O) groups is 2. The van der Waals surface area contributed by atoms with Crippen molar-refractivity contribution in [2.75, 3.05) is 13.2 Å². The van der Waals surface area contributed by atoms with Crippen molar-refractivity contribution in [2.45, 2.75) is 52.1 Å². The Morgan fingerprint density at radius 2 is 1.70 bits per heavy atom. The minimum absolute atomic E-state index is 0.279. The summed E-state index contributed by atoms with van der Waals surface area (Å²) in [7, 11) is 0. The number of amides is 1. The van der Waals surface area contributed by atoms with Crippen molar-refractivity contribution in [1.82, 2.24) is 5.32 Å². The Balaban J connectivity index is 2.16. The molecule has 2 N–H and O–H groups in total. The molecule has 1 saturated carbocycles. The van der Waals surface area contributed by atoms with Gasteiger partial charge in [-0.3, -0.25) is 0 Å². The maximum Gasteiger partial charge on any atom is 0.505 e. The Hall–Kier alpha value is -1.46. The van der Waals surface area contributed by atoms with Crippen LogP contribution < -0.4 is 5.32 Å². The maximum absolute atomic E-state index is 11.5. The van der Waals surface area contributed by atoms with Gasteiger partial charge in [-0.1, -0.05) is 0 Å². The van der Waals surface area contributed by atoms with Crippen LogP contribution in [0.25, 0.3) is 0 Å². The zero-order chi connectivity index (χ0) is 15.2. The summed E-state index contributed by atoms with van der Waals surface area (Å²) in [5, 5.41) is 11.2. The van der Waals surface area contributed by atoms with Crippen molar-refractivity contribution in [3.8, 4) is 0 Å². The summed E-state index contributed by atoms with van der Waals surface area (Å²) in [5.74, 6) is 0.743. The second-order valence-corrected chi connectivity index (χ2v) is 6.35. The highest BCUT2D eigenvalue weighted by molar-refractivity contribution is 5.67. The lowest BCUT2D eigenvalue weighted by Crippen LogP contribution is -2.36. The predicted molar refractivity (Wildman–Crippen MR) is 73.7 cm³/mol. The highest BCUT2D eigenvalue weighted by Crippen LogP contribution is 2.28. The van der Waals surface area contributed by atoms with Gasteiger partial charge in [0.2, 0.25) is 0 Å². The second kappa shape index (κ2) is 7.36. The minimum atomic E-state index is -1.21. The molecule has 0 aromatic heterocycles. The molecule has 20 heavy (non-hydrogen) atoms. The lowest BCUT2D eigenvalue weighted by molar-refractivity contribution is 0.0496. The molecule has 1 amide bonds. The monoisotopic (exact) mass is 287 g/mol. The van der Waals surface area contributed by atoms with Gasteiger partial charge in [0, 0.05) is 6.54 Å². The van der Waals surface area contributed by atoms with E-state index in [4.69, 9.17) is 9.84 Å². The van der Waals surface area contributed by atoms with E-state index in [2.05, 4.69) is 10.1 Å². The van der Waals surface area contributed by atoms with Crippen LogP contribution >= 0.6 is 0 Å². The number of nitrogens with one attached hydrogen (secondary N) is 1. The van der Waals surface area contributed by atoms with E-state index in [0.717, 1.165) is 25.7 Å². The highest BCUT2D eigenvalue weighted by Gasteiger charge is 2.23. The molecule has 0 atom stereocenters. The quantitative estimate of drug-likeness (QED) is 0.776. The Labute approximate surface area is 119 Å². The van der Waals surface area contributed by atoms with Gasteiger partial charge >= 0.3 is 12.2 Å². The number of hydrogen-bond acceptors (Lipinski definition) is 4. The molecule has 1 aliphatic rings. The van der Waals surface area contributed by atoms with Gasteiger partial charge in [0.25, 0.3) is 0 Å². The van der Waals surface area contributed by atoms with Crippen LogP contribution in [0.3, 0.4) is 0 Å². The molecule has 0 aromatic carbocycles. The van der Waals surface area contributed by atoms with Crippen molar-refractivity contribution in [2.24, 2.45) is 11.8 Å². The third kappa shape index (κ3) is 7.21. The third-order valence-electron chi connectivity index (χ3n) is 3.34. The van der Waals surface area contributed by atoms with E-state index in [9.17, 15) is 9.59 Å². The predicted octanol–water partition coefficient (Wildman–Crippen LogP) is 3.01. The van der Waals surface area contributed by atoms with E-state index in [0.29, 0.717) is 18.4 Å². The van der Waals surface area contributed by atoms with Crippen molar-refractivity contribution in [1.29, 1.82) is 0 Å². The van der Waals surface area contributed by atoms with Crippen molar-refractivity contribution in [3.05, 3.63) is 0 Å². The van der Waals surface area contributed by atoms with Crippen LogP contribution in [-0.2, 0) is 9.47 Å². The fourth-order valence-electron chi connectivity index (χ4n) is 2.33. The summed E-state index contributed by atoms with van der Waals surface area (Å²) < 4.78 is 9.78. The first-order valence-corrected chi connectivity index (χ1v) is 7.09. The van der Waals surface area contributed by atoms with Crippen LogP contribution in [0.5, 0.6) is 0 Å². The molecule has 0 spiro atoms. The van der Waals surface area contributed by atoms with Crippen molar-refractivity contribution >= 4 is 12.2 Å². The van der Waals surface area contributed by atoms with E-state index >= 15 is 0 Å². The van der Waals surface area contributed by atoms with E-state index in [-0.39, 0.29) is 12.7 Å². The van der Waals surface area contributed by atoms with Crippen LogP contribution in [0.2, 0.25) is 0 Å². The molecule has 0 saturated heterocycles. The van der Waals surface area contributed by atoms with E-state index in [1.165, 1.54) is 0 Å². The number of ether oxygens (including phenoxy) is 2. The number of carbonyl (C=O) groups excluding carboxylic acids is 1. The molecule has 116 valence electrons. The highest BCUT2D eigenvalue weighted by atomic mass is 16.7. The molecule has 1 fully saturated rings. The van der Waals surface area contributed by atoms with Gasteiger partial charge in [0.05, 0.1) is 6.61 Å². The smallest absolute Gasteiger partial charge is 0.450 e. The average Bonchev–Trinajstić information content (AvgIpc) is 2.33. The fraction of sp³-hybridized carbons (Fsp3) is 0.857. The summed E-state index contributed by atoms with van der Waals surface area (Å²) in [6.07, 6.45) is 2.24. The Kier molecular flexibility index (Phi) is 6.10. The molecule has 1 rings (SSSR count). The Morgan fingerprint density at radius 1 is 1.15 bits per heavy atom. The Bertz CT molecular complexity index is 329. The van der Waals surface area contributed by atoms with Crippen LogP contribution in [-0.4, -0.2) is 36.1 Å². The van der Waals surface area contributed by atoms with Gasteiger partial charge in [-0.25, -0.2) is 9.59 Å². The number of carboxylic acid groups (broad SMARTS) is 1. The largest absolute Gasteiger partial charge is 0.505 e. The first-order chi connectivity index (χ1) is 9.26. The summed E-state index contributed by atoms with van der Waals surface area (Å²) in [5.41, 5.74) is -0.476. The first kappa shape index (κ1) is 16.6. The van der Waals surface area contributed by atoms with Gasteiger partial charge in [-0.05, 0) is 58.3 Å². The number of rotatable bonds is 4. The molecule has 0 aliphatic heterocycles. The van der Waals surface area contributed by atoms with Gasteiger partial charge in [-0.2, -0.15) is 0 Å². The molecule has 6 heteroatoms. The fourth-order valence-corrected chi connectivity index (χ4v) is 2.33. The summed E-state index contributed by atoms with van der Waals surface area (Å²) >= 11 is 0. The van der Waals surface area contributed by atoms with Crippen LogP contribution in [0.1, 0.15) is 46.5 Å². The topological polar surface area (TPSA) is 84.9 Å². The summed E-state index contributed by atoms with van der Waals surface area (Å²) in [6.45, 7) is 6.39. The summed E-state index contributed by atoms with van der Waals surface area (Å²) in [4.78, 5) is 21.8. The lowest BCUT2D eigenvalue weighted by atomic mass is 9.82. The zero-order valence-corrected chi connectivity index (χ0v) is 12.5. The van der Waals surface area contributed by atoms with Crippen molar-refractivity contribution < 1.29 is 24.2 Å². The number of alkyl carbamates (subject to hydrolysis) is 1. The van der Waals surface area contributed by atoms with Crippen LogP contribution in [0, 0.1) is 11.8 Å². The van der Waals surface area contributed by atoms with E-state index in [1.54, 1.807) is 0 Å². The van der Waals surface area contributed by atoms with E-state index in [1.807, 2.05) is 20.8 Å². The second-order valence-electron chi connectivity index (χ2n) is 6.35. The Morgan fingerprint density at radius 3 is 2.20 bits per heavy atom. The maximum atomic E-state index is 11.5. The van der Waals surface area contributed by atoms with Crippen LogP contribution in [0.4, 0.5) is 9.59 Å². The number of hydrogen-bond donors (Lipinski definition) is 2. The molecule has 0 bridgehead atoms. The molecule has 0 radical (unpaired) electrons. The van der Waals surface area contributed by atoms with Gasteiger partial charge < -0.3 is 19.9 Å². The molecule has 0 heterocycles. The van der Waals surface area contributed by atoms with Gasteiger partial charge in [-0.15, -0.1) is 0 Å². The zero-order valence-electron chi connectivity index (χ0n) is 12.5. The van der Waals surface area contributed by atoms with Gasteiger partial charge in [0.1, 0.15) is 5.60 Å². The molecule has 0 aromatic rings. The molecule has 1 aliphatic carbocycles. The molecular formula is C14H25NO5. The lowest BCUT2D eigenvalue weighted by Gasteiger charge is -2.28. The third-order valence-corrected chi connectivity index (χ3v) is 3.34. The molecule has 0 unspecified atom stereocenters. The first-order valence-electron chi connectivity index (χ1n) is 7.09. The van der Waals surface area contributed by atoms with Crippen LogP contribution in [0.15, 0.2) is 0 Å². The van der Waals surface area contributed by atoms with E-state index < -0.39 is 11.8 Å². The molecular weight excluding hydrogens is 262 g/mol. The molecule has 6 nitrogen and oxygen atoms in total. The SMILES string of the molecule is CC(C)(C)OC(=O)NCC1CCC(COC(=O)O)CC1. The minimum Gasteiger partial charge on any atom is -0.450 e.